The number of amides is 3. The standard InChI is InChI=1S/C23H29N3O4/c1-23(21(27)24-15-17-8-5-4-6-9-17)12-7-13-26(16-23)22(28)25-19-11-10-18(29-2)14-20(19)30-3/h4-6,8-11,14H,7,12-13,15-16H2,1-3H3,(H,24,27)(H,25,28)/t23-/m0/s1. The van der Waals surface area contributed by atoms with Crippen molar-refractivity contribution in [2.75, 3.05) is 32.6 Å². The number of hydrogen-bond acceptors (Lipinski definition) is 4. The van der Waals surface area contributed by atoms with Gasteiger partial charge in [-0.3, -0.25) is 4.79 Å². The van der Waals surface area contributed by atoms with Gasteiger partial charge in [0, 0.05) is 25.7 Å². The third-order valence-electron chi connectivity index (χ3n) is 5.48. The number of benzene rings is 2. The molecule has 0 aromatic heterocycles. The largest absolute Gasteiger partial charge is 0.497 e. The minimum absolute atomic E-state index is 0.0362. The topological polar surface area (TPSA) is 79.9 Å². The highest BCUT2D eigenvalue weighted by atomic mass is 16.5. The van der Waals surface area contributed by atoms with Gasteiger partial charge in [0.15, 0.2) is 0 Å². The number of carbonyl (C=O) groups excluding carboxylic acids is 2. The first-order chi connectivity index (χ1) is 14.4. The summed E-state index contributed by atoms with van der Waals surface area (Å²) in [6.07, 6.45) is 1.51. The Morgan fingerprint density at radius 1 is 1.10 bits per heavy atom. The van der Waals surface area contributed by atoms with E-state index in [2.05, 4.69) is 10.6 Å². The minimum atomic E-state index is -0.631. The maximum atomic E-state index is 12.9. The number of anilines is 1. The zero-order chi connectivity index (χ0) is 21.6. The number of ether oxygens (including phenoxy) is 2. The van der Waals surface area contributed by atoms with Crippen molar-refractivity contribution in [1.29, 1.82) is 0 Å². The Balaban J connectivity index is 1.63. The zero-order valence-corrected chi connectivity index (χ0v) is 17.7. The molecule has 3 rings (SSSR count). The molecule has 160 valence electrons. The van der Waals surface area contributed by atoms with Crippen LogP contribution in [0.25, 0.3) is 0 Å². The maximum absolute atomic E-state index is 12.9. The van der Waals surface area contributed by atoms with Crippen LogP contribution in [0.4, 0.5) is 10.5 Å². The molecule has 0 radical (unpaired) electrons. The first kappa shape index (κ1) is 21.5. The van der Waals surface area contributed by atoms with E-state index >= 15 is 0 Å². The van der Waals surface area contributed by atoms with E-state index in [4.69, 9.17) is 9.47 Å². The fourth-order valence-corrected chi connectivity index (χ4v) is 3.69. The second kappa shape index (κ2) is 9.52. The monoisotopic (exact) mass is 411 g/mol. The lowest BCUT2D eigenvalue weighted by Crippen LogP contribution is -2.52. The lowest BCUT2D eigenvalue weighted by Gasteiger charge is -2.39. The number of nitrogens with one attached hydrogen (secondary N) is 2. The maximum Gasteiger partial charge on any atom is 0.321 e. The van der Waals surface area contributed by atoms with Gasteiger partial charge in [-0.15, -0.1) is 0 Å². The molecule has 1 heterocycles. The van der Waals surface area contributed by atoms with E-state index in [-0.39, 0.29) is 11.9 Å². The highest BCUT2D eigenvalue weighted by Gasteiger charge is 2.39. The van der Waals surface area contributed by atoms with Crippen molar-refractivity contribution < 1.29 is 19.1 Å². The molecule has 3 amide bonds. The summed E-state index contributed by atoms with van der Waals surface area (Å²) in [5.74, 6) is 1.12. The molecule has 7 heteroatoms. The molecule has 1 aliphatic rings. The molecule has 1 atom stereocenters. The van der Waals surface area contributed by atoms with Crippen LogP contribution in [0.1, 0.15) is 25.3 Å². The SMILES string of the molecule is COc1ccc(NC(=O)N2CCC[C@](C)(C(=O)NCc3ccccc3)C2)c(OC)c1. The van der Waals surface area contributed by atoms with Crippen LogP contribution in [0.15, 0.2) is 48.5 Å². The summed E-state index contributed by atoms with van der Waals surface area (Å²) >= 11 is 0. The zero-order valence-electron chi connectivity index (χ0n) is 17.7. The van der Waals surface area contributed by atoms with E-state index in [0.29, 0.717) is 36.8 Å². The van der Waals surface area contributed by atoms with Crippen LogP contribution in [0.5, 0.6) is 11.5 Å². The minimum Gasteiger partial charge on any atom is -0.497 e. The molecule has 7 nitrogen and oxygen atoms in total. The van der Waals surface area contributed by atoms with Crippen LogP contribution >= 0.6 is 0 Å². The van der Waals surface area contributed by atoms with Crippen molar-refractivity contribution in [3.8, 4) is 11.5 Å². The van der Waals surface area contributed by atoms with Crippen molar-refractivity contribution in [3.05, 3.63) is 54.1 Å². The van der Waals surface area contributed by atoms with Gasteiger partial charge in [0.1, 0.15) is 11.5 Å². The summed E-state index contributed by atoms with van der Waals surface area (Å²) in [6.45, 7) is 3.36. The summed E-state index contributed by atoms with van der Waals surface area (Å²) in [6, 6.07) is 14.8. The van der Waals surface area contributed by atoms with Gasteiger partial charge in [0.05, 0.1) is 25.3 Å². The summed E-state index contributed by atoms with van der Waals surface area (Å²) < 4.78 is 10.5. The summed E-state index contributed by atoms with van der Waals surface area (Å²) in [5.41, 5.74) is 0.976. The van der Waals surface area contributed by atoms with Crippen molar-refractivity contribution in [1.82, 2.24) is 10.2 Å². The highest BCUT2D eigenvalue weighted by molar-refractivity contribution is 5.92. The predicted octanol–water partition coefficient (Wildman–Crippen LogP) is 3.65. The lowest BCUT2D eigenvalue weighted by molar-refractivity contribution is -0.132. The number of carbonyl (C=O) groups is 2. The second-order valence-electron chi connectivity index (χ2n) is 7.75. The average molecular weight is 412 g/mol. The van der Waals surface area contributed by atoms with E-state index in [1.165, 1.54) is 0 Å². The van der Waals surface area contributed by atoms with Gasteiger partial charge in [-0.05, 0) is 37.5 Å². The molecular formula is C23H29N3O4. The highest BCUT2D eigenvalue weighted by Crippen LogP contribution is 2.32. The fourth-order valence-electron chi connectivity index (χ4n) is 3.69. The molecule has 1 saturated heterocycles. The number of piperidine rings is 1. The molecule has 0 spiro atoms. The van der Waals surface area contributed by atoms with Crippen molar-refractivity contribution in [2.45, 2.75) is 26.3 Å². The number of methoxy groups -OCH3 is 2. The Morgan fingerprint density at radius 3 is 2.57 bits per heavy atom. The van der Waals surface area contributed by atoms with E-state index in [1.807, 2.05) is 37.3 Å². The Bertz CT molecular complexity index is 887. The third-order valence-corrected chi connectivity index (χ3v) is 5.48. The summed E-state index contributed by atoms with van der Waals surface area (Å²) in [4.78, 5) is 27.5. The number of hydrogen-bond donors (Lipinski definition) is 2. The normalized spacial score (nSPS) is 18.4. The van der Waals surface area contributed by atoms with Gasteiger partial charge in [0.2, 0.25) is 5.91 Å². The van der Waals surface area contributed by atoms with Gasteiger partial charge >= 0.3 is 6.03 Å². The first-order valence-electron chi connectivity index (χ1n) is 10.1. The van der Waals surface area contributed by atoms with Crippen molar-refractivity contribution in [3.63, 3.8) is 0 Å². The quantitative estimate of drug-likeness (QED) is 0.760. The number of likely N-dealkylation sites (tertiary alicyclic amines) is 1. The second-order valence-corrected chi connectivity index (χ2v) is 7.75. The van der Waals surface area contributed by atoms with Crippen LogP contribution in [0, 0.1) is 5.41 Å². The average Bonchev–Trinajstić information content (AvgIpc) is 2.78. The van der Waals surface area contributed by atoms with Crippen LogP contribution in [0.3, 0.4) is 0 Å². The van der Waals surface area contributed by atoms with Gasteiger partial charge in [0.25, 0.3) is 0 Å². The Labute approximate surface area is 177 Å². The Hall–Kier alpha value is -3.22. The smallest absolute Gasteiger partial charge is 0.321 e. The Morgan fingerprint density at radius 2 is 1.87 bits per heavy atom. The van der Waals surface area contributed by atoms with E-state index in [0.717, 1.165) is 18.4 Å². The molecule has 2 aromatic carbocycles. The van der Waals surface area contributed by atoms with Gasteiger partial charge < -0.3 is 25.0 Å². The van der Waals surface area contributed by atoms with E-state index in [9.17, 15) is 9.59 Å². The van der Waals surface area contributed by atoms with Crippen LogP contribution < -0.4 is 20.1 Å². The van der Waals surface area contributed by atoms with Gasteiger partial charge in [-0.2, -0.15) is 0 Å². The van der Waals surface area contributed by atoms with Gasteiger partial charge in [-0.25, -0.2) is 4.79 Å². The molecule has 0 aliphatic carbocycles. The van der Waals surface area contributed by atoms with Crippen LogP contribution in [-0.2, 0) is 11.3 Å². The molecule has 0 unspecified atom stereocenters. The third kappa shape index (κ3) is 5.03. The Kier molecular flexibility index (Phi) is 6.82. The van der Waals surface area contributed by atoms with E-state index < -0.39 is 5.41 Å². The first-order valence-corrected chi connectivity index (χ1v) is 10.1. The number of urea groups is 1. The fraction of sp³-hybridized carbons (Fsp3) is 0.391. The van der Waals surface area contributed by atoms with Crippen molar-refractivity contribution in [2.24, 2.45) is 5.41 Å². The molecule has 0 bridgehead atoms. The molecule has 1 aliphatic heterocycles. The lowest BCUT2D eigenvalue weighted by atomic mass is 9.81. The molecule has 2 aromatic rings. The summed E-state index contributed by atoms with van der Waals surface area (Å²) in [5, 5.41) is 5.91. The van der Waals surface area contributed by atoms with Crippen LogP contribution in [-0.4, -0.2) is 44.1 Å². The molecule has 30 heavy (non-hydrogen) atoms. The number of nitrogens with zero attached hydrogens (tertiary/aromatic N) is 1. The number of rotatable bonds is 6. The molecular weight excluding hydrogens is 382 g/mol. The predicted molar refractivity (Wildman–Crippen MR) is 116 cm³/mol. The molecule has 0 saturated carbocycles. The summed E-state index contributed by atoms with van der Waals surface area (Å²) in [7, 11) is 3.11. The van der Waals surface area contributed by atoms with Crippen molar-refractivity contribution >= 4 is 17.6 Å². The molecule has 1 fully saturated rings. The van der Waals surface area contributed by atoms with E-state index in [1.54, 1.807) is 37.3 Å². The van der Waals surface area contributed by atoms with Crippen LogP contribution in [0.2, 0.25) is 0 Å². The van der Waals surface area contributed by atoms with Gasteiger partial charge in [-0.1, -0.05) is 30.3 Å². The molecule has 2 N–H and O–H groups in total.